The van der Waals surface area contributed by atoms with Gasteiger partial charge in [0.15, 0.2) is 0 Å². The molecule has 3 heteroatoms. The average Bonchev–Trinajstić information content (AvgIpc) is 2.59. The molecule has 4 rings (SSSR count). The molecule has 0 unspecified atom stereocenters. The number of rotatable bonds is 2. The van der Waals surface area contributed by atoms with Gasteiger partial charge in [-0.3, -0.25) is 0 Å². The second-order valence-electron chi connectivity index (χ2n) is 5.69. The Morgan fingerprint density at radius 1 is 0.565 bits per heavy atom. The van der Waals surface area contributed by atoms with E-state index in [9.17, 15) is 10.0 Å². The first-order valence-electron chi connectivity index (χ1n) is 7.61. The van der Waals surface area contributed by atoms with Gasteiger partial charge in [0.25, 0.3) is 0 Å². The lowest BCUT2D eigenvalue weighted by molar-refractivity contribution is 0.426. The second-order valence-corrected chi connectivity index (χ2v) is 5.69. The molecular weight excluding hydrogens is 283 g/mol. The molecule has 0 radical (unpaired) electrons. The maximum Gasteiger partial charge on any atom is 0.489 e. The summed E-state index contributed by atoms with van der Waals surface area (Å²) < 4.78 is 0. The van der Waals surface area contributed by atoms with E-state index in [4.69, 9.17) is 0 Å². The summed E-state index contributed by atoms with van der Waals surface area (Å²) in [5.74, 6) is 0. The molecule has 110 valence electrons. The van der Waals surface area contributed by atoms with Gasteiger partial charge in [-0.05, 0) is 50.3 Å². The fourth-order valence-corrected chi connectivity index (χ4v) is 3.17. The largest absolute Gasteiger partial charge is 0.489 e. The zero-order valence-electron chi connectivity index (χ0n) is 12.5. The van der Waals surface area contributed by atoms with Crippen molar-refractivity contribution >= 4 is 34.1 Å². The average molecular weight is 298 g/mol. The molecule has 23 heavy (non-hydrogen) atoms. The summed E-state index contributed by atoms with van der Waals surface area (Å²) in [5.41, 5.74) is 2.38. The first-order chi connectivity index (χ1) is 11.2. The van der Waals surface area contributed by atoms with E-state index in [2.05, 4.69) is 30.3 Å². The summed E-state index contributed by atoms with van der Waals surface area (Å²) >= 11 is 0. The molecule has 0 fully saturated rings. The van der Waals surface area contributed by atoms with Crippen LogP contribution < -0.4 is 5.46 Å². The van der Waals surface area contributed by atoms with E-state index < -0.39 is 7.12 Å². The van der Waals surface area contributed by atoms with Crippen LogP contribution in [0, 0.1) is 0 Å². The topological polar surface area (TPSA) is 40.5 Å². The Morgan fingerprint density at radius 2 is 1.17 bits per heavy atom. The summed E-state index contributed by atoms with van der Waals surface area (Å²) in [6, 6.07) is 26.1. The molecule has 0 aliphatic rings. The minimum atomic E-state index is -1.48. The van der Waals surface area contributed by atoms with E-state index in [1.807, 2.05) is 42.5 Å². The van der Waals surface area contributed by atoms with Crippen molar-refractivity contribution in [2.24, 2.45) is 0 Å². The lowest BCUT2D eigenvalue weighted by Gasteiger charge is -2.12. The Kier molecular flexibility index (Phi) is 3.38. The predicted octanol–water partition coefficient (Wildman–Crippen LogP) is 3.34. The van der Waals surface area contributed by atoms with Gasteiger partial charge in [0.05, 0.1) is 0 Å². The fraction of sp³-hybridized carbons (Fsp3) is 0. The number of hydrogen-bond donors (Lipinski definition) is 2. The second kappa shape index (κ2) is 5.54. The molecule has 2 N–H and O–H groups in total. The molecule has 4 aromatic carbocycles. The molecular formula is C20H15BO2. The van der Waals surface area contributed by atoms with Crippen molar-refractivity contribution in [2.75, 3.05) is 0 Å². The third kappa shape index (κ3) is 2.40. The molecule has 0 saturated heterocycles. The van der Waals surface area contributed by atoms with Gasteiger partial charge in [0, 0.05) is 0 Å². The lowest BCUT2D eigenvalue weighted by atomic mass is 9.75. The molecule has 4 aromatic rings. The van der Waals surface area contributed by atoms with Crippen LogP contribution in [-0.4, -0.2) is 17.2 Å². The van der Waals surface area contributed by atoms with E-state index in [1.54, 1.807) is 6.07 Å². The molecule has 0 saturated carbocycles. The SMILES string of the molecule is OB(O)c1ccccc1-c1cccc2cc3ccccc3cc12. The van der Waals surface area contributed by atoms with E-state index in [0.29, 0.717) is 5.46 Å². The van der Waals surface area contributed by atoms with E-state index >= 15 is 0 Å². The van der Waals surface area contributed by atoms with Crippen LogP contribution >= 0.6 is 0 Å². The standard InChI is InChI=1S/C20H15BO2/c22-21(23)20-11-4-3-9-18(20)17-10-5-8-16-12-14-6-1-2-7-15(14)13-19(16)17/h1-13,22-23H. The number of hydrogen-bond acceptors (Lipinski definition) is 2. The molecule has 0 bridgehead atoms. The van der Waals surface area contributed by atoms with Gasteiger partial charge < -0.3 is 10.0 Å². The molecule has 0 heterocycles. The van der Waals surface area contributed by atoms with Gasteiger partial charge in [-0.15, -0.1) is 0 Å². The smallest absolute Gasteiger partial charge is 0.423 e. The van der Waals surface area contributed by atoms with Gasteiger partial charge in [-0.25, -0.2) is 0 Å². The summed E-state index contributed by atoms with van der Waals surface area (Å²) in [6.07, 6.45) is 0. The van der Waals surface area contributed by atoms with Gasteiger partial charge in [0.1, 0.15) is 0 Å². The third-order valence-corrected chi connectivity index (χ3v) is 4.28. The molecule has 0 amide bonds. The highest BCUT2D eigenvalue weighted by atomic mass is 16.4. The zero-order valence-corrected chi connectivity index (χ0v) is 12.5. The molecule has 0 aromatic heterocycles. The van der Waals surface area contributed by atoms with Crippen molar-refractivity contribution in [3.05, 3.63) is 78.9 Å². The number of benzene rings is 4. The first kappa shape index (κ1) is 14.0. The Bertz CT molecular complexity index is 1010. The van der Waals surface area contributed by atoms with E-state index in [-0.39, 0.29) is 0 Å². The Balaban J connectivity index is 2.06. The summed E-state index contributed by atoms with van der Waals surface area (Å²) in [6.45, 7) is 0. The normalized spacial score (nSPS) is 11.0. The van der Waals surface area contributed by atoms with Gasteiger partial charge in [-0.1, -0.05) is 66.7 Å². The monoisotopic (exact) mass is 298 g/mol. The van der Waals surface area contributed by atoms with Crippen molar-refractivity contribution in [3.8, 4) is 11.1 Å². The van der Waals surface area contributed by atoms with Gasteiger partial charge >= 0.3 is 7.12 Å². The molecule has 0 aliphatic heterocycles. The van der Waals surface area contributed by atoms with Crippen LogP contribution in [0.3, 0.4) is 0 Å². The van der Waals surface area contributed by atoms with Crippen molar-refractivity contribution in [2.45, 2.75) is 0 Å². The van der Waals surface area contributed by atoms with Crippen LogP contribution in [0.2, 0.25) is 0 Å². The van der Waals surface area contributed by atoms with E-state index in [0.717, 1.165) is 21.9 Å². The highest BCUT2D eigenvalue weighted by Gasteiger charge is 2.17. The molecule has 0 aliphatic carbocycles. The Morgan fingerprint density at radius 3 is 1.96 bits per heavy atom. The minimum absolute atomic E-state index is 0.521. The maximum absolute atomic E-state index is 9.67. The predicted molar refractivity (Wildman–Crippen MR) is 96.7 cm³/mol. The molecule has 2 nitrogen and oxygen atoms in total. The molecule has 0 atom stereocenters. The minimum Gasteiger partial charge on any atom is -0.423 e. The first-order valence-corrected chi connectivity index (χ1v) is 7.61. The van der Waals surface area contributed by atoms with Crippen LogP contribution in [0.25, 0.3) is 32.7 Å². The van der Waals surface area contributed by atoms with E-state index in [1.165, 1.54) is 10.8 Å². The van der Waals surface area contributed by atoms with Crippen molar-refractivity contribution in [1.82, 2.24) is 0 Å². The summed E-state index contributed by atoms with van der Waals surface area (Å²) in [4.78, 5) is 0. The van der Waals surface area contributed by atoms with Crippen LogP contribution in [0.1, 0.15) is 0 Å². The Hall–Kier alpha value is -2.62. The van der Waals surface area contributed by atoms with Crippen LogP contribution in [0.5, 0.6) is 0 Å². The van der Waals surface area contributed by atoms with Gasteiger partial charge in [-0.2, -0.15) is 0 Å². The highest BCUT2D eigenvalue weighted by Crippen LogP contribution is 2.31. The summed E-state index contributed by atoms with van der Waals surface area (Å²) in [7, 11) is -1.48. The lowest BCUT2D eigenvalue weighted by Crippen LogP contribution is -2.31. The number of fused-ring (bicyclic) bond motifs is 2. The maximum atomic E-state index is 9.67. The summed E-state index contributed by atoms with van der Waals surface area (Å²) in [5, 5.41) is 24.0. The Labute approximate surface area is 134 Å². The van der Waals surface area contributed by atoms with Crippen LogP contribution in [-0.2, 0) is 0 Å². The molecule has 0 spiro atoms. The van der Waals surface area contributed by atoms with Crippen molar-refractivity contribution < 1.29 is 10.0 Å². The van der Waals surface area contributed by atoms with Crippen molar-refractivity contribution in [3.63, 3.8) is 0 Å². The van der Waals surface area contributed by atoms with Crippen LogP contribution in [0.4, 0.5) is 0 Å². The van der Waals surface area contributed by atoms with Crippen molar-refractivity contribution in [1.29, 1.82) is 0 Å². The zero-order chi connectivity index (χ0) is 15.8. The fourth-order valence-electron chi connectivity index (χ4n) is 3.17. The van der Waals surface area contributed by atoms with Gasteiger partial charge in [0.2, 0.25) is 0 Å². The third-order valence-electron chi connectivity index (χ3n) is 4.28. The van der Waals surface area contributed by atoms with Crippen LogP contribution in [0.15, 0.2) is 78.9 Å². The quantitative estimate of drug-likeness (QED) is 0.440. The highest BCUT2D eigenvalue weighted by molar-refractivity contribution is 6.60.